The summed E-state index contributed by atoms with van der Waals surface area (Å²) >= 11 is 5.98. The first-order valence-electron chi connectivity index (χ1n) is 8.94. The Kier molecular flexibility index (Phi) is 7.91. The smallest absolute Gasteiger partial charge is 0.266 e. The molecule has 0 saturated heterocycles. The summed E-state index contributed by atoms with van der Waals surface area (Å²) in [6, 6.07) is 19.4. The van der Waals surface area contributed by atoms with Gasteiger partial charge < -0.3 is 10.2 Å². The van der Waals surface area contributed by atoms with Gasteiger partial charge in [0.2, 0.25) is 0 Å². The van der Waals surface area contributed by atoms with Crippen LogP contribution in [-0.2, 0) is 17.8 Å². The van der Waals surface area contributed by atoms with Gasteiger partial charge >= 0.3 is 0 Å². The number of nitriles is 1. The van der Waals surface area contributed by atoms with Gasteiger partial charge in [0.15, 0.2) is 0 Å². The highest BCUT2D eigenvalue weighted by Crippen LogP contribution is 2.13. The van der Waals surface area contributed by atoms with Crippen LogP contribution in [0.2, 0.25) is 5.02 Å². The lowest BCUT2D eigenvalue weighted by Gasteiger charge is -2.26. The molecular weight excluding hydrogens is 358 g/mol. The quantitative estimate of drug-likeness (QED) is 0.421. The average molecular weight is 382 g/mol. The van der Waals surface area contributed by atoms with Crippen LogP contribution >= 0.6 is 11.6 Å². The van der Waals surface area contributed by atoms with Crippen molar-refractivity contribution in [3.8, 4) is 6.07 Å². The van der Waals surface area contributed by atoms with Gasteiger partial charge in [-0.3, -0.25) is 4.79 Å². The summed E-state index contributed by atoms with van der Waals surface area (Å²) in [6.45, 7) is 4.98. The van der Waals surface area contributed by atoms with Crippen LogP contribution in [0.15, 0.2) is 66.4 Å². The Balaban J connectivity index is 1.99. The monoisotopic (exact) mass is 381 g/mol. The number of carbonyl (C=O) groups excluding carboxylic acids is 1. The summed E-state index contributed by atoms with van der Waals surface area (Å²) in [6.07, 6.45) is 2.26. The second kappa shape index (κ2) is 10.4. The van der Waals surface area contributed by atoms with Crippen LogP contribution in [-0.4, -0.2) is 23.4 Å². The van der Waals surface area contributed by atoms with Crippen LogP contribution in [0.25, 0.3) is 0 Å². The van der Waals surface area contributed by atoms with Crippen molar-refractivity contribution in [2.75, 3.05) is 6.54 Å². The van der Waals surface area contributed by atoms with E-state index < -0.39 is 0 Å². The third kappa shape index (κ3) is 6.47. The molecule has 0 aromatic heterocycles. The molecule has 0 aliphatic heterocycles. The molecule has 2 aromatic rings. The molecule has 27 heavy (non-hydrogen) atoms. The van der Waals surface area contributed by atoms with E-state index in [9.17, 15) is 10.1 Å². The molecule has 0 bridgehead atoms. The van der Waals surface area contributed by atoms with Crippen molar-refractivity contribution >= 4 is 17.5 Å². The highest BCUT2D eigenvalue weighted by molar-refractivity contribution is 6.30. The summed E-state index contributed by atoms with van der Waals surface area (Å²) in [4.78, 5) is 14.5. The summed E-state index contributed by atoms with van der Waals surface area (Å²) in [5, 5.41) is 13.2. The van der Waals surface area contributed by atoms with E-state index in [1.807, 2.05) is 74.5 Å². The van der Waals surface area contributed by atoms with Gasteiger partial charge in [-0.2, -0.15) is 5.26 Å². The topological polar surface area (TPSA) is 56.1 Å². The van der Waals surface area contributed by atoms with Gasteiger partial charge in [0.25, 0.3) is 5.91 Å². The number of amides is 1. The molecule has 0 saturated carbocycles. The SMILES string of the molecule is CC(C)N(Cc1ccccc1)C(=O)/C(C#N)=C\NCCc1cccc(Cl)c1. The number of rotatable bonds is 8. The van der Waals surface area contributed by atoms with Crippen LogP contribution in [0.5, 0.6) is 0 Å². The Morgan fingerprint density at radius 2 is 1.89 bits per heavy atom. The third-order valence-electron chi connectivity index (χ3n) is 4.12. The van der Waals surface area contributed by atoms with Crippen molar-refractivity contribution in [2.45, 2.75) is 32.9 Å². The van der Waals surface area contributed by atoms with E-state index in [1.54, 1.807) is 4.90 Å². The largest absolute Gasteiger partial charge is 0.389 e. The fourth-order valence-corrected chi connectivity index (χ4v) is 2.86. The van der Waals surface area contributed by atoms with Crippen molar-refractivity contribution in [1.29, 1.82) is 5.26 Å². The average Bonchev–Trinajstić information content (AvgIpc) is 2.66. The minimum absolute atomic E-state index is 0.0130. The first-order valence-corrected chi connectivity index (χ1v) is 9.32. The molecule has 4 nitrogen and oxygen atoms in total. The summed E-state index contributed by atoms with van der Waals surface area (Å²) in [5.74, 6) is -0.272. The van der Waals surface area contributed by atoms with E-state index in [1.165, 1.54) is 6.20 Å². The minimum Gasteiger partial charge on any atom is -0.389 e. The highest BCUT2D eigenvalue weighted by atomic mass is 35.5. The number of hydrogen-bond donors (Lipinski definition) is 1. The Bertz CT molecular complexity index is 825. The van der Waals surface area contributed by atoms with E-state index in [0.29, 0.717) is 18.1 Å². The molecule has 0 unspecified atom stereocenters. The van der Waals surface area contributed by atoms with Gasteiger partial charge in [-0.05, 0) is 43.5 Å². The van der Waals surface area contributed by atoms with Crippen LogP contribution in [0.1, 0.15) is 25.0 Å². The third-order valence-corrected chi connectivity index (χ3v) is 4.36. The Morgan fingerprint density at radius 1 is 1.19 bits per heavy atom. The lowest BCUT2D eigenvalue weighted by molar-refractivity contribution is -0.129. The molecule has 0 spiro atoms. The molecule has 2 rings (SSSR count). The molecule has 0 atom stereocenters. The number of hydrogen-bond acceptors (Lipinski definition) is 3. The Labute approximate surface area is 166 Å². The normalized spacial score (nSPS) is 11.1. The molecule has 0 aliphatic rings. The van der Waals surface area contributed by atoms with E-state index in [2.05, 4.69) is 5.32 Å². The van der Waals surface area contributed by atoms with E-state index in [-0.39, 0.29) is 17.5 Å². The zero-order valence-corrected chi connectivity index (χ0v) is 16.4. The summed E-state index contributed by atoms with van der Waals surface area (Å²) < 4.78 is 0. The van der Waals surface area contributed by atoms with Crippen molar-refractivity contribution in [1.82, 2.24) is 10.2 Å². The number of benzene rings is 2. The minimum atomic E-state index is -0.272. The highest BCUT2D eigenvalue weighted by Gasteiger charge is 2.21. The summed E-state index contributed by atoms with van der Waals surface area (Å²) in [5.41, 5.74) is 2.23. The lowest BCUT2D eigenvalue weighted by atomic mass is 10.1. The molecule has 2 aromatic carbocycles. The molecule has 5 heteroatoms. The Hall–Kier alpha value is -2.77. The van der Waals surface area contributed by atoms with E-state index in [0.717, 1.165) is 17.5 Å². The van der Waals surface area contributed by atoms with Crippen LogP contribution in [0, 0.1) is 11.3 Å². The fraction of sp³-hybridized carbons (Fsp3) is 0.273. The molecular formula is C22H24ClN3O. The van der Waals surface area contributed by atoms with Crippen molar-refractivity contribution in [3.05, 3.63) is 82.5 Å². The van der Waals surface area contributed by atoms with Crippen LogP contribution in [0.3, 0.4) is 0 Å². The lowest BCUT2D eigenvalue weighted by Crippen LogP contribution is -2.37. The first-order chi connectivity index (χ1) is 13.0. The predicted molar refractivity (Wildman–Crippen MR) is 109 cm³/mol. The first kappa shape index (κ1) is 20.5. The van der Waals surface area contributed by atoms with E-state index in [4.69, 9.17) is 11.6 Å². The zero-order chi connectivity index (χ0) is 19.6. The second-order valence-corrected chi connectivity index (χ2v) is 6.95. The number of nitrogens with one attached hydrogen (secondary N) is 1. The Morgan fingerprint density at radius 3 is 2.52 bits per heavy atom. The van der Waals surface area contributed by atoms with Gasteiger partial charge in [-0.1, -0.05) is 54.1 Å². The van der Waals surface area contributed by atoms with Crippen molar-refractivity contribution < 1.29 is 4.79 Å². The maximum absolute atomic E-state index is 12.8. The van der Waals surface area contributed by atoms with Gasteiger partial charge in [0.05, 0.1) is 0 Å². The fourth-order valence-electron chi connectivity index (χ4n) is 2.65. The second-order valence-electron chi connectivity index (χ2n) is 6.52. The van der Waals surface area contributed by atoms with Gasteiger partial charge in [-0.15, -0.1) is 0 Å². The molecule has 1 N–H and O–H groups in total. The van der Waals surface area contributed by atoms with Gasteiger partial charge in [0, 0.05) is 30.4 Å². The molecule has 140 valence electrons. The molecule has 0 radical (unpaired) electrons. The van der Waals surface area contributed by atoms with Crippen LogP contribution < -0.4 is 5.32 Å². The maximum atomic E-state index is 12.8. The molecule has 0 aliphatic carbocycles. The maximum Gasteiger partial charge on any atom is 0.266 e. The molecule has 1 amide bonds. The number of halogens is 1. The standard InChI is InChI=1S/C22H24ClN3O/c1-17(2)26(16-19-7-4-3-5-8-19)22(27)20(14-24)15-25-12-11-18-9-6-10-21(23)13-18/h3-10,13,15,17,25H,11-12,16H2,1-2H3/b20-15-. The van der Waals surface area contributed by atoms with E-state index >= 15 is 0 Å². The number of carbonyl (C=O) groups is 1. The van der Waals surface area contributed by atoms with Gasteiger partial charge in [0.1, 0.15) is 11.6 Å². The predicted octanol–water partition coefficient (Wildman–Crippen LogP) is 4.32. The zero-order valence-electron chi connectivity index (χ0n) is 15.7. The summed E-state index contributed by atoms with van der Waals surface area (Å²) in [7, 11) is 0. The van der Waals surface area contributed by atoms with Crippen LogP contribution in [0.4, 0.5) is 0 Å². The van der Waals surface area contributed by atoms with Gasteiger partial charge in [-0.25, -0.2) is 0 Å². The molecule has 0 heterocycles. The van der Waals surface area contributed by atoms with Crippen molar-refractivity contribution in [3.63, 3.8) is 0 Å². The molecule has 0 fully saturated rings. The number of nitrogens with zero attached hydrogens (tertiary/aromatic N) is 2. The van der Waals surface area contributed by atoms with Crippen molar-refractivity contribution in [2.24, 2.45) is 0 Å².